The molecule has 2 rings (SSSR count). The normalized spacial score (nSPS) is 21.1. The van der Waals surface area contributed by atoms with Crippen molar-refractivity contribution in [2.24, 2.45) is 0 Å². The van der Waals surface area contributed by atoms with E-state index in [4.69, 9.17) is 5.73 Å². The van der Waals surface area contributed by atoms with E-state index < -0.39 is 10.0 Å². The molecule has 1 aliphatic heterocycles. The maximum absolute atomic E-state index is 11.2. The fourth-order valence-electron chi connectivity index (χ4n) is 3.28. The second-order valence-corrected chi connectivity index (χ2v) is 8.39. The fraction of sp³-hybridized carbons (Fsp3) is 0.600. The zero-order valence-corrected chi connectivity index (χ0v) is 14.0. The van der Waals surface area contributed by atoms with Crippen molar-refractivity contribution in [3.63, 3.8) is 0 Å². The molecule has 0 aliphatic carbocycles. The first-order chi connectivity index (χ1) is 9.60. The lowest BCUT2D eigenvalue weighted by Crippen LogP contribution is -2.51. The van der Waals surface area contributed by atoms with Gasteiger partial charge in [-0.2, -0.15) is 0 Å². The molecule has 21 heavy (non-hydrogen) atoms. The predicted molar refractivity (Wildman–Crippen MR) is 88.2 cm³/mol. The van der Waals surface area contributed by atoms with Crippen molar-refractivity contribution in [3.8, 4) is 0 Å². The van der Waals surface area contributed by atoms with E-state index in [2.05, 4.69) is 30.4 Å². The summed E-state index contributed by atoms with van der Waals surface area (Å²) < 4.78 is 25.0. The van der Waals surface area contributed by atoms with E-state index in [1.54, 1.807) is 0 Å². The average Bonchev–Trinajstić information content (AvgIpc) is 2.32. The summed E-state index contributed by atoms with van der Waals surface area (Å²) in [5, 5.41) is 0. The first-order valence-corrected chi connectivity index (χ1v) is 9.11. The average molecular weight is 311 g/mol. The van der Waals surface area contributed by atoms with Crippen molar-refractivity contribution in [1.82, 2.24) is 4.72 Å². The highest BCUT2D eigenvalue weighted by Crippen LogP contribution is 2.43. The number of nitrogens with zero attached hydrogens (tertiary/aromatic N) is 1. The number of anilines is 2. The first kappa shape index (κ1) is 16.1. The molecule has 0 bridgehead atoms. The number of hydrogen-bond acceptors (Lipinski definition) is 4. The molecule has 1 aromatic rings. The third-order valence-corrected chi connectivity index (χ3v) is 4.84. The Balaban J connectivity index is 2.28. The minimum absolute atomic E-state index is 0.0122. The molecule has 0 aromatic heterocycles. The summed E-state index contributed by atoms with van der Waals surface area (Å²) in [7, 11) is -3.15. The lowest BCUT2D eigenvalue weighted by atomic mass is 9.80. The topological polar surface area (TPSA) is 75.4 Å². The molecular formula is C15H25N3O2S. The summed E-state index contributed by atoms with van der Waals surface area (Å²) in [5.74, 6) is 0.442. The van der Waals surface area contributed by atoms with Gasteiger partial charge in [0, 0.05) is 30.0 Å². The van der Waals surface area contributed by atoms with Crippen LogP contribution in [-0.4, -0.2) is 33.3 Å². The molecular weight excluding hydrogens is 286 g/mol. The monoisotopic (exact) mass is 311 g/mol. The minimum atomic E-state index is -3.15. The molecule has 1 atom stereocenters. The van der Waals surface area contributed by atoms with Crippen LogP contribution >= 0.6 is 0 Å². The first-order valence-electron chi connectivity index (χ1n) is 7.22. The molecule has 0 saturated carbocycles. The lowest BCUT2D eigenvalue weighted by Gasteiger charge is -2.47. The summed E-state index contributed by atoms with van der Waals surface area (Å²) in [6, 6.07) is 5.98. The summed E-state index contributed by atoms with van der Waals surface area (Å²) >= 11 is 0. The van der Waals surface area contributed by atoms with E-state index in [9.17, 15) is 8.42 Å². The van der Waals surface area contributed by atoms with Crippen LogP contribution in [0.1, 0.15) is 38.7 Å². The second-order valence-electron chi connectivity index (χ2n) is 6.55. The van der Waals surface area contributed by atoms with E-state index in [0.29, 0.717) is 19.0 Å². The van der Waals surface area contributed by atoms with E-state index in [1.165, 1.54) is 11.8 Å². The third kappa shape index (κ3) is 3.68. The van der Waals surface area contributed by atoms with Gasteiger partial charge in [-0.1, -0.05) is 6.92 Å². The van der Waals surface area contributed by atoms with E-state index in [1.807, 2.05) is 18.2 Å². The Bertz CT molecular complexity index is 626. The standard InChI is InChI=1S/C15H25N3O2S/c1-11-10-15(2,3)18(8-7-17-21(4,19)20)14-6-5-12(16)9-13(11)14/h5-6,9,11,17H,7-8,10,16H2,1-4H3. The molecule has 118 valence electrons. The summed E-state index contributed by atoms with van der Waals surface area (Å²) in [6.07, 6.45) is 2.20. The highest BCUT2D eigenvalue weighted by Gasteiger charge is 2.36. The van der Waals surface area contributed by atoms with Crippen LogP contribution in [0.25, 0.3) is 0 Å². The fourth-order valence-corrected chi connectivity index (χ4v) is 3.74. The highest BCUT2D eigenvalue weighted by atomic mass is 32.2. The SMILES string of the molecule is CC1CC(C)(C)N(CCNS(C)(=O)=O)c2ccc(N)cc21. The zero-order chi connectivity index (χ0) is 15.8. The van der Waals surface area contributed by atoms with Gasteiger partial charge >= 0.3 is 0 Å². The van der Waals surface area contributed by atoms with Crippen LogP contribution in [0.15, 0.2) is 18.2 Å². The van der Waals surface area contributed by atoms with Gasteiger partial charge in [-0.15, -0.1) is 0 Å². The minimum Gasteiger partial charge on any atom is -0.399 e. The van der Waals surface area contributed by atoms with E-state index in [0.717, 1.165) is 17.8 Å². The summed E-state index contributed by atoms with van der Waals surface area (Å²) in [5.41, 5.74) is 9.06. The van der Waals surface area contributed by atoms with Gasteiger partial charge in [0.25, 0.3) is 0 Å². The quantitative estimate of drug-likeness (QED) is 0.833. The van der Waals surface area contributed by atoms with Gasteiger partial charge < -0.3 is 10.6 Å². The number of nitrogens with two attached hydrogens (primary N) is 1. The predicted octanol–water partition coefficient (Wildman–Crippen LogP) is 1.91. The second kappa shape index (κ2) is 5.50. The molecule has 1 aliphatic rings. The molecule has 1 unspecified atom stereocenters. The van der Waals surface area contributed by atoms with Gasteiger partial charge in [-0.05, 0) is 49.9 Å². The smallest absolute Gasteiger partial charge is 0.208 e. The van der Waals surface area contributed by atoms with Gasteiger partial charge in [-0.25, -0.2) is 13.1 Å². The Kier molecular flexibility index (Phi) is 4.22. The third-order valence-electron chi connectivity index (χ3n) is 4.11. The largest absolute Gasteiger partial charge is 0.399 e. The van der Waals surface area contributed by atoms with Crippen LogP contribution in [0, 0.1) is 0 Å². The Morgan fingerprint density at radius 1 is 1.43 bits per heavy atom. The highest BCUT2D eigenvalue weighted by molar-refractivity contribution is 7.88. The molecule has 0 radical (unpaired) electrons. The number of sulfonamides is 1. The van der Waals surface area contributed by atoms with Gasteiger partial charge in [0.05, 0.1) is 6.26 Å². The van der Waals surface area contributed by atoms with Crippen molar-refractivity contribution in [3.05, 3.63) is 23.8 Å². The maximum Gasteiger partial charge on any atom is 0.208 e. The Morgan fingerprint density at radius 2 is 2.10 bits per heavy atom. The molecule has 0 saturated heterocycles. The lowest BCUT2D eigenvalue weighted by molar-refractivity contribution is 0.377. The molecule has 1 heterocycles. The van der Waals surface area contributed by atoms with Crippen molar-refractivity contribution in [2.75, 3.05) is 30.0 Å². The van der Waals surface area contributed by atoms with Crippen molar-refractivity contribution < 1.29 is 8.42 Å². The van der Waals surface area contributed by atoms with Crippen LogP contribution in [-0.2, 0) is 10.0 Å². The Morgan fingerprint density at radius 3 is 2.71 bits per heavy atom. The molecule has 5 nitrogen and oxygen atoms in total. The zero-order valence-electron chi connectivity index (χ0n) is 13.2. The Hall–Kier alpha value is -1.27. The molecule has 0 amide bonds. The van der Waals surface area contributed by atoms with E-state index in [-0.39, 0.29) is 5.54 Å². The number of fused-ring (bicyclic) bond motifs is 1. The Labute approximate surface area is 127 Å². The number of rotatable bonds is 4. The van der Waals surface area contributed by atoms with Gasteiger partial charge in [-0.3, -0.25) is 0 Å². The van der Waals surface area contributed by atoms with Crippen LogP contribution in [0.5, 0.6) is 0 Å². The van der Waals surface area contributed by atoms with E-state index >= 15 is 0 Å². The number of benzene rings is 1. The summed E-state index contributed by atoms with van der Waals surface area (Å²) in [6.45, 7) is 7.66. The molecule has 0 fully saturated rings. The molecule has 1 aromatic carbocycles. The van der Waals surface area contributed by atoms with Gasteiger partial charge in [0.1, 0.15) is 0 Å². The molecule has 6 heteroatoms. The van der Waals surface area contributed by atoms with Gasteiger partial charge in [0.2, 0.25) is 10.0 Å². The number of nitrogens with one attached hydrogen (secondary N) is 1. The van der Waals surface area contributed by atoms with Crippen LogP contribution in [0.2, 0.25) is 0 Å². The number of hydrogen-bond donors (Lipinski definition) is 2. The van der Waals surface area contributed by atoms with Crippen LogP contribution in [0.4, 0.5) is 11.4 Å². The van der Waals surface area contributed by atoms with Crippen molar-refractivity contribution in [1.29, 1.82) is 0 Å². The molecule has 0 spiro atoms. The van der Waals surface area contributed by atoms with Crippen LogP contribution < -0.4 is 15.4 Å². The summed E-state index contributed by atoms with van der Waals surface area (Å²) in [4.78, 5) is 2.28. The van der Waals surface area contributed by atoms with Crippen LogP contribution in [0.3, 0.4) is 0 Å². The molecule has 3 N–H and O–H groups in total. The van der Waals surface area contributed by atoms with Crippen molar-refractivity contribution >= 4 is 21.4 Å². The van der Waals surface area contributed by atoms with Crippen molar-refractivity contribution in [2.45, 2.75) is 38.6 Å². The maximum atomic E-state index is 11.2. The van der Waals surface area contributed by atoms with Gasteiger partial charge in [0.15, 0.2) is 0 Å². The number of nitrogen functional groups attached to an aromatic ring is 1.